The lowest BCUT2D eigenvalue weighted by atomic mass is 10.2. The largest absolute Gasteiger partial charge is 0.467 e. The molecule has 5 nitrogen and oxygen atoms in total. The van der Waals surface area contributed by atoms with E-state index < -0.39 is 0 Å². The zero-order chi connectivity index (χ0) is 16.2. The Kier molecular flexibility index (Phi) is 7.77. The number of nitrogens with zero attached hydrogens (tertiary/aromatic N) is 1. The summed E-state index contributed by atoms with van der Waals surface area (Å²) in [6, 6.07) is 14.0. The fourth-order valence-electron chi connectivity index (χ4n) is 2.04. The second-order valence-electron chi connectivity index (χ2n) is 5.09. The summed E-state index contributed by atoms with van der Waals surface area (Å²) in [6.45, 7) is 5.60. The zero-order valence-electron chi connectivity index (χ0n) is 13.6. The molecule has 0 aliphatic heterocycles. The first-order chi connectivity index (χ1) is 11.4. The summed E-state index contributed by atoms with van der Waals surface area (Å²) >= 11 is 0. The Morgan fingerprint density at radius 2 is 2.00 bits per heavy atom. The van der Waals surface area contributed by atoms with Crippen LogP contribution in [0.1, 0.15) is 24.7 Å². The fraction of sp³-hybridized carbons (Fsp3) is 0.389. The van der Waals surface area contributed by atoms with E-state index in [2.05, 4.69) is 34.7 Å². The number of furan rings is 1. The van der Waals surface area contributed by atoms with Gasteiger partial charge in [0.1, 0.15) is 12.4 Å². The number of hydrogen-bond acceptors (Lipinski definition) is 3. The number of hydrogen-bond donors (Lipinski definition) is 2. The molecule has 0 aliphatic carbocycles. The molecular formula is C18H25N3O2. The SMILES string of the molecule is CCNC(=NCc1ccccc1)NCCCOCc1ccco1. The number of nitrogens with one attached hydrogen (secondary N) is 2. The molecule has 0 radical (unpaired) electrons. The van der Waals surface area contributed by atoms with Gasteiger partial charge >= 0.3 is 0 Å². The molecule has 0 atom stereocenters. The summed E-state index contributed by atoms with van der Waals surface area (Å²) in [6.07, 6.45) is 2.57. The van der Waals surface area contributed by atoms with Crippen molar-refractivity contribution in [3.05, 3.63) is 60.1 Å². The molecule has 2 rings (SSSR count). The molecule has 1 aromatic heterocycles. The fourth-order valence-corrected chi connectivity index (χ4v) is 2.04. The maximum Gasteiger partial charge on any atom is 0.191 e. The highest BCUT2D eigenvalue weighted by molar-refractivity contribution is 5.79. The summed E-state index contributed by atoms with van der Waals surface area (Å²) < 4.78 is 10.8. The van der Waals surface area contributed by atoms with Crippen LogP contribution in [0.15, 0.2) is 58.1 Å². The van der Waals surface area contributed by atoms with Gasteiger partial charge < -0.3 is 19.8 Å². The van der Waals surface area contributed by atoms with Crippen LogP contribution in [0, 0.1) is 0 Å². The molecule has 2 aromatic rings. The number of ether oxygens (including phenoxy) is 1. The van der Waals surface area contributed by atoms with E-state index in [0.717, 1.165) is 31.2 Å². The number of aliphatic imine (C=N–C) groups is 1. The highest BCUT2D eigenvalue weighted by Gasteiger charge is 1.98. The Hall–Kier alpha value is -2.27. The van der Waals surface area contributed by atoms with Gasteiger partial charge in [-0.2, -0.15) is 0 Å². The highest BCUT2D eigenvalue weighted by Crippen LogP contribution is 2.02. The average molecular weight is 315 g/mol. The molecule has 0 saturated heterocycles. The third-order valence-corrected chi connectivity index (χ3v) is 3.19. The van der Waals surface area contributed by atoms with E-state index >= 15 is 0 Å². The predicted octanol–water partition coefficient (Wildman–Crippen LogP) is 2.94. The molecule has 0 bridgehead atoms. The first-order valence-electron chi connectivity index (χ1n) is 8.04. The summed E-state index contributed by atoms with van der Waals surface area (Å²) in [5, 5.41) is 6.57. The lowest BCUT2D eigenvalue weighted by molar-refractivity contribution is 0.105. The minimum Gasteiger partial charge on any atom is -0.467 e. The summed E-state index contributed by atoms with van der Waals surface area (Å²) in [7, 11) is 0. The van der Waals surface area contributed by atoms with Crippen LogP contribution < -0.4 is 10.6 Å². The first-order valence-corrected chi connectivity index (χ1v) is 8.04. The highest BCUT2D eigenvalue weighted by atomic mass is 16.5. The van der Waals surface area contributed by atoms with Gasteiger partial charge in [0.15, 0.2) is 5.96 Å². The van der Waals surface area contributed by atoms with Crippen LogP contribution in [0.3, 0.4) is 0 Å². The monoisotopic (exact) mass is 315 g/mol. The molecule has 1 heterocycles. The molecule has 2 N–H and O–H groups in total. The lowest BCUT2D eigenvalue weighted by Gasteiger charge is -2.11. The van der Waals surface area contributed by atoms with Crippen LogP contribution in [0.4, 0.5) is 0 Å². The van der Waals surface area contributed by atoms with Crippen molar-refractivity contribution >= 4 is 5.96 Å². The van der Waals surface area contributed by atoms with E-state index in [-0.39, 0.29) is 0 Å². The molecule has 0 aliphatic rings. The standard InChI is InChI=1S/C18H25N3O2/c1-2-19-18(21-14-16-8-4-3-5-9-16)20-11-7-12-22-15-17-10-6-13-23-17/h3-6,8-10,13H,2,7,11-12,14-15H2,1H3,(H2,19,20,21). The van der Waals surface area contributed by atoms with Crippen molar-refractivity contribution in [2.45, 2.75) is 26.5 Å². The summed E-state index contributed by atoms with van der Waals surface area (Å²) in [5.41, 5.74) is 1.20. The normalized spacial score (nSPS) is 11.4. The molecule has 124 valence electrons. The Bertz CT molecular complexity index is 553. The molecule has 1 aromatic carbocycles. The average Bonchev–Trinajstić information content (AvgIpc) is 3.10. The van der Waals surface area contributed by atoms with Crippen LogP contribution in [-0.4, -0.2) is 25.7 Å². The Labute approximate surface area is 137 Å². The van der Waals surface area contributed by atoms with E-state index in [9.17, 15) is 0 Å². The predicted molar refractivity (Wildman–Crippen MR) is 92.2 cm³/mol. The van der Waals surface area contributed by atoms with Crippen LogP contribution in [0.2, 0.25) is 0 Å². The van der Waals surface area contributed by atoms with Gasteiger partial charge in [-0.3, -0.25) is 0 Å². The van der Waals surface area contributed by atoms with Crippen LogP contribution >= 0.6 is 0 Å². The van der Waals surface area contributed by atoms with Gasteiger partial charge in [-0.1, -0.05) is 30.3 Å². The van der Waals surface area contributed by atoms with Crippen molar-refractivity contribution < 1.29 is 9.15 Å². The van der Waals surface area contributed by atoms with Crippen molar-refractivity contribution in [1.29, 1.82) is 0 Å². The number of benzene rings is 1. The minimum absolute atomic E-state index is 0.523. The summed E-state index contributed by atoms with van der Waals surface area (Å²) in [5.74, 6) is 1.69. The molecule has 0 amide bonds. The van der Waals surface area contributed by atoms with Crippen LogP contribution in [0.25, 0.3) is 0 Å². The van der Waals surface area contributed by atoms with Gasteiger partial charge in [0.2, 0.25) is 0 Å². The zero-order valence-corrected chi connectivity index (χ0v) is 13.6. The Morgan fingerprint density at radius 1 is 1.13 bits per heavy atom. The Morgan fingerprint density at radius 3 is 2.74 bits per heavy atom. The minimum atomic E-state index is 0.523. The van der Waals surface area contributed by atoms with Crippen molar-refractivity contribution in [3.63, 3.8) is 0 Å². The number of guanidine groups is 1. The molecule has 5 heteroatoms. The topological polar surface area (TPSA) is 58.8 Å². The molecule has 0 spiro atoms. The third kappa shape index (κ3) is 7.02. The van der Waals surface area contributed by atoms with Gasteiger partial charge in [-0.25, -0.2) is 4.99 Å². The maximum absolute atomic E-state index is 5.56. The molecular weight excluding hydrogens is 290 g/mol. The maximum atomic E-state index is 5.56. The van der Waals surface area contributed by atoms with E-state index in [0.29, 0.717) is 19.8 Å². The van der Waals surface area contributed by atoms with Gasteiger partial charge in [-0.15, -0.1) is 0 Å². The van der Waals surface area contributed by atoms with Crippen molar-refractivity contribution in [2.75, 3.05) is 19.7 Å². The van der Waals surface area contributed by atoms with E-state index in [1.54, 1.807) is 6.26 Å². The lowest BCUT2D eigenvalue weighted by Crippen LogP contribution is -2.38. The molecule has 0 fully saturated rings. The second kappa shape index (κ2) is 10.5. The number of rotatable bonds is 9. The van der Waals surface area contributed by atoms with Gasteiger partial charge in [-0.05, 0) is 31.0 Å². The van der Waals surface area contributed by atoms with Crippen LogP contribution in [-0.2, 0) is 17.9 Å². The third-order valence-electron chi connectivity index (χ3n) is 3.19. The molecule has 23 heavy (non-hydrogen) atoms. The molecule has 0 saturated carbocycles. The van der Waals surface area contributed by atoms with Gasteiger partial charge in [0.25, 0.3) is 0 Å². The van der Waals surface area contributed by atoms with Gasteiger partial charge in [0.05, 0.1) is 12.8 Å². The van der Waals surface area contributed by atoms with Crippen molar-refractivity contribution in [3.8, 4) is 0 Å². The molecule has 0 unspecified atom stereocenters. The van der Waals surface area contributed by atoms with E-state index in [4.69, 9.17) is 9.15 Å². The first kappa shape index (κ1) is 17.1. The summed E-state index contributed by atoms with van der Waals surface area (Å²) in [4.78, 5) is 4.58. The van der Waals surface area contributed by atoms with Crippen molar-refractivity contribution in [2.24, 2.45) is 4.99 Å². The van der Waals surface area contributed by atoms with Gasteiger partial charge in [0, 0.05) is 19.7 Å². The van der Waals surface area contributed by atoms with Crippen LogP contribution in [0.5, 0.6) is 0 Å². The Balaban J connectivity index is 1.63. The quantitative estimate of drug-likeness (QED) is 0.424. The van der Waals surface area contributed by atoms with E-state index in [1.807, 2.05) is 30.3 Å². The second-order valence-corrected chi connectivity index (χ2v) is 5.09. The van der Waals surface area contributed by atoms with Crippen molar-refractivity contribution in [1.82, 2.24) is 10.6 Å². The smallest absolute Gasteiger partial charge is 0.191 e. The van der Waals surface area contributed by atoms with E-state index in [1.165, 1.54) is 5.56 Å².